The summed E-state index contributed by atoms with van der Waals surface area (Å²) in [5.74, 6) is 0.472. The molecule has 0 fully saturated rings. The zero-order valence-electron chi connectivity index (χ0n) is 26.3. The van der Waals surface area contributed by atoms with E-state index in [0.29, 0.717) is 25.6 Å². The Labute approximate surface area is 270 Å². The Bertz CT molecular complexity index is 1540. The largest absolute Gasteiger partial charge is 0.491 e. The highest BCUT2D eigenvalue weighted by Gasteiger charge is 2.16. The Morgan fingerprint density at radius 1 is 0.674 bits per heavy atom. The van der Waals surface area contributed by atoms with Gasteiger partial charge in [0.25, 0.3) is 0 Å². The van der Waals surface area contributed by atoms with E-state index in [1.54, 1.807) is 6.08 Å². The second-order valence-electron chi connectivity index (χ2n) is 10.1. The van der Waals surface area contributed by atoms with E-state index in [-0.39, 0.29) is 26.4 Å². The molecule has 1 unspecified atom stereocenters. The first kappa shape index (κ1) is 34.0. The van der Waals surface area contributed by atoms with Crippen molar-refractivity contribution >= 4 is 18.0 Å². The van der Waals surface area contributed by atoms with Gasteiger partial charge in [0.15, 0.2) is 6.10 Å². The van der Waals surface area contributed by atoms with Gasteiger partial charge >= 0.3 is 11.9 Å². The van der Waals surface area contributed by atoms with E-state index in [2.05, 4.69) is 0 Å². The van der Waals surface area contributed by atoms with Crippen molar-refractivity contribution in [1.29, 1.82) is 0 Å². The molecule has 0 heterocycles. The standard InChI is InChI=1S/C38H40O8/c1-3-41-27-33(46-29(2)39)28-45-37-26-30(18-20-35(37)32-14-8-5-9-15-32)19-21-38(40)44-25-23-42-22-24-43-36-17-11-10-16-34(36)31-12-6-4-7-13-31/h4-21,26,33H,3,22-25,27-28H2,1-2H3/b21-19+. The predicted molar refractivity (Wildman–Crippen MR) is 178 cm³/mol. The van der Waals surface area contributed by atoms with Crippen LogP contribution in [-0.2, 0) is 28.5 Å². The minimum absolute atomic E-state index is 0.110. The molecule has 4 rings (SSSR count). The topological polar surface area (TPSA) is 89.5 Å². The van der Waals surface area contributed by atoms with Gasteiger partial charge in [0, 0.05) is 30.7 Å². The Morgan fingerprint density at radius 2 is 1.33 bits per heavy atom. The Kier molecular flexibility index (Phi) is 13.9. The third-order valence-corrected chi connectivity index (χ3v) is 6.70. The molecule has 0 aliphatic rings. The van der Waals surface area contributed by atoms with Crippen LogP contribution in [0.2, 0.25) is 0 Å². The molecular weight excluding hydrogens is 584 g/mol. The molecule has 1 atom stereocenters. The number of hydrogen-bond acceptors (Lipinski definition) is 8. The minimum atomic E-state index is -0.561. The second-order valence-corrected chi connectivity index (χ2v) is 10.1. The molecular formula is C38H40O8. The van der Waals surface area contributed by atoms with Gasteiger partial charge in [-0.2, -0.15) is 0 Å². The van der Waals surface area contributed by atoms with Gasteiger partial charge in [0.05, 0.1) is 19.8 Å². The first-order chi connectivity index (χ1) is 22.5. The first-order valence-electron chi connectivity index (χ1n) is 15.3. The van der Waals surface area contributed by atoms with Crippen molar-refractivity contribution in [3.63, 3.8) is 0 Å². The highest BCUT2D eigenvalue weighted by atomic mass is 16.6. The average Bonchev–Trinajstić information content (AvgIpc) is 3.09. The van der Waals surface area contributed by atoms with Crippen LogP contribution < -0.4 is 9.47 Å². The number of rotatable bonds is 18. The van der Waals surface area contributed by atoms with E-state index in [4.69, 9.17) is 28.4 Å². The monoisotopic (exact) mass is 624 g/mol. The Hall–Kier alpha value is -4.92. The quantitative estimate of drug-likeness (QED) is 0.0663. The third-order valence-electron chi connectivity index (χ3n) is 6.70. The van der Waals surface area contributed by atoms with Crippen LogP contribution >= 0.6 is 0 Å². The maximum absolute atomic E-state index is 12.4. The Balaban J connectivity index is 1.25. The van der Waals surface area contributed by atoms with Gasteiger partial charge in [0.2, 0.25) is 0 Å². The van der Waals surface area contributed by atoms with Crippen molar-refractivity contribution in [2.45, 2.75) is 20.0 Å². The number of ether oxygens (including phenoxy) is 6. The molecule has 46 heavy (non-hydrogen) atoms. The lowest BCUT2D eigenvalue weighted by atomic mass is 10.0. The van der Waals surface area contributed by atoms with Gasteiger partial charge in [-0.05, 0) is 41.8 Å². The van der Waals surface area contributed by atoms with Crippen molar-refractivity contribution in [3.8, 4) is 33.8 Å². The lowest BCUT2D eigenvalue weighted by Gasteiger charge is -2.19. The molecule has 0 radical (unpaired) electrons. The number of carbonyl (C=O) groups is 2. The lowest BCUT2D eigenvalue weighted by Crippen LogP contribution is -2.29. The SMILES string of the molecule is CCOCC(COc1cc(/C=C/C(=O)OCCOCCOc2ccccc2-c2ccccc2)ccc1-c1ccccc1)OC(C)=O. The van der Waals surface area contributed by atoms with E-state index >= 15 is 0 Å². The van der Waals surface area contributed by atoms with Gasteiger partial charge in [-0.3, -0.25) is 4.79 Å². The molecule has 0 saturated heterocycles. The van der Waals surface area contributed by atoms with Crippen molar-refractivity contribution in [1.82, 2.24) is 0 Å². The molecule has 0 amide bonds. The van der Waals surface area contributed by atoms with Gasteiger partial charge in [-0.25, -0.2) is 4.79 Å². The van der Waals surface area contributed by atoms with Gasteiger partial charge in [-0.15, -0.1) is 0 Å². The number of hydrogen-bond donors (Lipinski definition) is 0. The van der Waals surface area contributed by atoms with Crippen LogP contribution in [0, 0.1) is 0 Å². The third kappa shape index (κ3) is 11.2. The van der Waals surface area contributed by atoms with Crippen LogP contribution in [0.25, 0.3) is 28.3 Å². The van der Waals surface area contributed by atoms with Gasteiger partial charge in [0.1, 0.15) is 31.3 Å². The highest BCUT2D eigenvalue weighted by molar-refractivity contribution is 5.87. The molecule has 0 saturated carbocycles. The summed E-state index contributed by atoms with van der Waals surface area (Å²) in [4.78, 5) is 23.9. The van der Waals surface area contributed by atoms with Crippen LogP contribution in [-0.4, -0.2) is 64.3 Å². The summed E-state index contributed by atoms with van der Waals surface area (Å²) in [5, 5.41) is 0. The maximum Gasteiger partial charge on any atom is 0.330 e. The summed E-state index contributed by atoms with van der Waals surface area (Å²) in [6.07, 6.45) is 2.46. The molecule has 0 aliphatic carbocycles. The lowest BCUT2D eigenvalue weighted by molar-refractivity contribution is -0.151. The number of para-hydroxylation sites is 1. The fourth-order valence-corrected chi connectivity index (χ4v) is 4.58. The maximum atomic E-state index is 12.4. The smallest absolute Gasteiger partial charge is 0.330 e. The van der Waals surface area contributed by atoms with E-state index in [0.717, 1.165) is 33.6 Å². The van der Waals surface area contributed by atoms with Crippen molar-refractivity contribution in [2.75, 3.05) is 46.2 Å². The normalized spacial score (nSPS) is 11.6. The summed E-state index contributed by atoms with van der Waals surface area (Å²) >= 11 is 0. The number of benzene rings is 4. The van der Waals surface area contributed by atoms with Crippen LogP contribution in [0.3, 0.4) is 0 Å². The van der Waals surface area contributed by atoms with Crippen molar-refractivity contribution in [3.05, 3.63) is 115 Å². The summed E-state index contributed by atoms with van der Waals surface area (Å²) in [7, 11) is 0. The van der Waals surface area contributed by atoms with E-state index in [1.807, 2.05) is 110 Å². The number of esters is 2. The number of carbonyl (C=O) groups excluding carboxylic acids is 2. The molecule has 240 valence electrons. The zero-order valence-corrected chi connectivity index (χ0v) is 26.3. The van der Waals surface area contributed by atoms with Crippen molar-refractivity contribution < 1.29 is 38.0 Å². The van der Waals surface area contributed by atoms with Crippen molar-refractivity contribution in [2.24, 2.45) is 0 Å². The van der Waals surface area contributed by atoms with Crippen LogP contribution in [0.1, 0.15) is 19.4 Å². The van der Waals surface area contributed by atoms with E-state index < -0.39 is 18.0 Å². The van der Waals surface area contributed by atoms with Crippen LogP contribution in [0.4, 0.5) is 0 Å². The molecule has 4 aromatic carbocycles. The molecule has 0 bridgehead atoms. The molecule has 0 aliphatic heterocycles. The molecule has 4 aromatic rings. The zero-order chi connectivity index (χ0) is 32.4. The summed E-state index contributed by atoms with van der Waals surface area (Å²) in [6.45, 7) is 5.14. The van der Waals surface area contributed by atoms with Crippen LogP contribution in [0.15, 0.2) is 109 Å². The Morgan fingerprint density at radius 3 is 2.02 bits per heavy atom. The minimum Gasteiger partial charge on any atom is -0.491 e. The highest BCUT2D eigenvalue weighted by Crippen LogP contribution is 2.32. The molecule has 0 spiro atoms. The molecule has 0 aromatic heterocycles. The second kappa shape index (κ2) is 18.8. The average molecular weight is 625 g/mol. The molecule has 8 nitrogen and oxygen atoms in total. The van der Waals surface area contributed by atoms with Gasteiger partial charge in [-0.1, -0.05) is 91.0 Å². The molecule has 8 heteroatoms. The fourth-order valence-electron chi connectivity index (χ4n) is 4.58. The summed E-state index contributed by atoms with van der Waals surface area (Å²) in [5.41, 5.74) is 4.67. The fraction of sp³-hybridized carbons (Fsp3) is 0.263. The predicted octanol–water partition coefficient (Wildman–Crippen LogP) is 7.02. The summed E-state index contributed by atoms with van der Waals surface area (Å²) < 4.78 is 33.8. The van der Waals surface area contributed by atoms with E-state index in [9.17, 15) is 9.59 Å². The van der Waals surface area contributed by atoms with E-state index in [1.165, 1.54) is 13.0 Å². The first-order valence-corrected chi connectivity index (χ1v) is 15.3. The van der Waals surface area contributed by atoms with Crippen LogP contribution in [0.5, 0.6) is 11.5 Å². The summed E-state index contributed by atoms with van der Waals surface area (Å²) in [6, 6.07) is 33.4. The van der Waals surface area contributed by atoms with Gasteiger partial charge < -0.3 is 28.4 Å². The molecule has 0 N–H and O–H groups in total.